The van der Waals surface area contributed by atoms with E-state index in [9.17, 15) is 9.59 Å². The lowest BCUT2D eigenvalue weighted by Gasteiger charge is -2.36. The summed E-state index contributed by atoms with van der Waals surface area (Å²) < 4.78 is 4.77. The molecule has 0 aromatic rings. The van der Waals surface area contributed by atoms with Crippen molar-refractivity contribution < 1.29 is 14.3 Å². The number of nitrogens with one attached hydrogen (secondary N) is 1. The SMILES string of the molecule is CCOC(=O)CNC(=O)N(C)C1CCCCC1C. The van der Waals surface area contributed by atoms with Crippen molar-refractivity contribution in [1.29, 1.82) is 0 Å². The first-order valence-electron chi connectivity index (χ1n) is 6.72. The molecule has 0 saturated heterocycles. The summed E-state index contributed by atoms with van der Waals surface area (Å²) in [4.78, 5) is 24.8. The Morgan fingerprint density at radius 3 is 2.61 bits per heavy atom. The number of hydrogen-bond acceptors (Lipinski definition) is 3. The zero-order valence-electron chi connectivity index (χ0n) is 11.6. The fraction of sp³-hybridized carbons (Fsp3) is 0.846. The van der Waals surface area contributed by atoms with E-state index in [-0.39, 0.29) is 18.6 Å². The molecule has 1 rings (SSSR count). The molecule has 1 fully saturated rings. The van der Waals surface area contributed by atoms with Gasteiger partial charge < -0.3 is 15.0 Å². The number of carbonyl (C=O) groups is 2. The minimum atomic E-state index is -0.393. The van der Waals surface area contributed by atoms with Crippen molar-refractivity contribution in [1.82, 2.24) is 10.2 Å². The van der Waals surface area contributed by atoms with E-state index in [4.69, 9.17) is 4.74 Å². The lowest BCUT2D eigenvalue weighted by Crippen LogP contribution is -2.48. The van der Waals surface area contributed by atoms with Crippen molar-refractivity contribution >= 4 is 12.0 Å². The third-order valence-corrected chi connectivity index (χ3v) is 3.57. The Balaban J connectivity index is 2.38. The lowest BCUT2D eigenvalue weighted by atomic mass is 9.85. The second kappa shape index (κ2) is 7.24. The molecule has 0 aromatic carbocycles. The van der Waals surface area contributed by atoms with Crippen LogP contribution in [0.2, 0.25) is 0 Å². The van der Waals surface area contributed by atoms with Gasteiger partial charge in [-0.3, -0.25) is 4.79 Å². The summed E-state index contributed by atoms with van der Waals surface area (Å²) in [6, 6.07) is 0.0859. The standard InChI is InChI=1S/C13H24N2O3/c1-4-18-12(16)9-14-13(17)15(3)11-8-6-5-7-10(11)2/h10-11H,4-9H2,1-3H3,(H,14,17). The Labute approximate surface area is 109 Å². The van der Waals surface area contributed by atoms with E-state index in [0.29, 0.717) is 12.5 Å². The van der Waals surface area contributed by atoms with Gasteiger partial charge in [-0.2, -0.15) is 0 Å². The van der Waals surface area contributed by atoms with Gasteiger partial charge in [0, 0.05) is 13.1 Å². The second-order valence-electron chi connectivity index (χ2n) is 4.90. The highest BCUT2D eigenvalue weighted by molar-refractivity contribution is 5.80. The summed E-state index contributed by atoms with van der Waals surface area (Å²) >= 11 is 0. The Morgan fingerprint density at radius 2 is 2.00 bits per heavy atom. The van der Waals surface area contributed by atoms with Gasteiger partial charge >= 0.3 is 12.0 Å². The average molecular weight is 256 g/mol. The third kappa shape index (κ3) is 4.20. The summed E-state index contributed by atoms with van der Waals surface area (Å²) in [7, 11) is 1.80. The molecule has 104 valence electrons. The number of rotatable bonds is 4. The van der Waals surface area contributed by atoms with Crippen LogP contribution in [0.4, 0.5) is 4.79 Å². The van der Waals surface area contributed by atoms with E-state index >= 15 is 0 Å². The predicted octanol–water partition coefficient (Wildman–Crippen LogP) is 1.77. The van der Waals surface area contributed by atoms with Crippen LogP contribution in [0.25, 0.3) is 0 Å². The predicted molar refractivity (Wildman–Crippen MR) is 69.2 cm³/mol. The number of esters is 1. The van der Waals surface area contributed by atoms with E-state index in [1.807, 2.05) is 0 Å². The topological polar surface area (TPSA) is 58.6 Å². The molecule has 1 aliphatic rings. The normalized spacial score (nSPS) is 23.3. The maximum absolute atomic E-state index is 11.9. The molecule has 0 bridgehead atoms. The summed E-state index contributed by atoms with van der Waals surface area (Å²) in [5, 5.41) is 2.60. The fourth-order valence-corrected chi connectivity index (χ4v) is 2.51. The van der Waals surface area contributed by atoms with Gasteiger partial charge in [-0.1, -0.05) is 19.8 Å². The van der Waals surface area contributed by atoms with Gasteiger partial charge in [-0.25, -0.2) is 4.79 Å². The number of nitrogens with zero attached hydrogens (tertiary/aromatic N) is 1. The van der Waals surface area contributed by atoms with Crippen LogP contribution in [0.5, 0.6) is 0 Å². The fourth-order valence-electron chi connectivity index (χ4n) is 2.51. The van der Waals surface area contributed by atoms with Gasteiger partial charge in [-0.15, -0.1) is 0 Å². The maximum Gasteiger partial charge on any atom is 0.325 e. The van der Waals surface area contributed by atoms with Crippen LogP contribution in [0.15, 0.2) is 0 Å². The molecule has 2 unspecified atom stereocenters. The van der Waals surface area contributed by atoms with Gasteiger partial charge in [0.1, 0.15) is 6.54 Å². The third-order valence-electron chi connectivity index (χ3n) is 3.57. The van der Waals surface area contributed by atoms with Crippen LogP contribution in [0.3, 0.4) is 0 Å². The molecule has 0 aromatic heterocycles. The Hall–Kier alpha value is -1.26. The van der Waals surface area contributed by atoms with Gasteiger partial charge in [0.05, 0.1) is 6.61 Å². The molecule has 18 heavy (non-hydrogen) atoms. The van der Waals surface area contributed by atoms with Crippen molar-refractivity contribution in [3.05, 3.63) is 0 Å². The Morgan fingerprint density at radius 1 is 1.33 bits per heavy atom. The number of ether oxygens (including phenoxy) is 1. The van der Waals surface area contributed by atoms with E-state index in [0.717, 1.165) is 6.42 Å². The molecule has 1 N–H and O–H groups in total. The van der Waals surface area contributed by atoms with E-state index in [2.05, 4.69) is 12.2 Å². The van der Waals surface area contributed by atoms with E-state index < -0.39 is 5.97 Å². The molecule has 1 saturated carbocycles. The largest absolute Gasteiger partial charge is 0.465 e. The van der Waals surface area contributed by atoms with Crippen LogP contribution in [-0.2, 0) is 9.53 Å². The second-order valence-corrected chi connectivity index (χ2v) is 4.90. The average Bonchev–Trinajstić information content (AvgIpc) is 2.36. The van der Waals surface area contributed by atoms with Gasteiger partial charge in [0.25, 0.3) is 0 Å². The van der Waals surface area contributed by atoms with Gasteiger partial charge in [0.2, 0.25) is 0 Å². The van der Waals surface area contributed by atoms with E-state index in [1.54, 1.807) is 18.9 Å². The first-order chi connectivity index (χ1) is 8.56. The van der Waals surface area contributed by atoms with Crippen LogP contribution in [-0.4, -0.2) is 43.1 Å². The smallest absolute Gasteiger partial charge is 0.325 e. The maximum atomic E-state index is 11.9. The minimum Gasteiger partial charge on any atom is -0.465 e. The molecule has 0 radical (unpaired) electrons. The first-order valence-corrected chi connectivity index (χ1v) is 6.72. The lowest BCUT2D eigenvalue weighted by molar-refractivity contribution is -0.141. The van der Waals surface area contributed by atoms with Crippen molar-refractivity contribution in [3.63, 3.8) is 0 Å². The van der Waals surface area contributed by atoms with Crippen LogP contribution in [0, 0.1) is 5.92 Å². The van der Waals surface area contributed by atoms with Gasteiger partial charge in [-0.05, 0) is 25.7 Å². The minimum absolute atomic E-state index is 0.0574. The molecule has 5 heteroatoms. The highest BCUT2D eigenvalue weighted by Gasteiger charge is 2.27. The number of carbonyl (C=O) groups excluding carboxylic acids is 2. The summed E-state index contributed by atoms with van der Waals surface area (Å²) in [6.45, 7) is 4.21. The highest BCUT2D eigenvalue weighted by Crippen LogP contribution is 2.27. The molecule has 0 heterocycles. The number of hydrogen-bond donors (Lipinski definition) is 1. The number of urea groups is 1. The molecule has 2 amide bonds. The summed E-state index contributed by atoms with van der Waals surface area (Å²) in [5.74, 6) is 0.132. The van der Waals surface area contributed by atoms with Crippen molar-refractivity contribution in [2.45, 2.75) is 45.6 Å². The van der Waals surface area contributed by atoms with E-state index in [1.165, 1.54) is 19.3 Å². The summed E-state index contributed by atoms with van der Waals surface area (Å²) in [5.41, 5.74) is 0. The van der Waals surface area contributed by atoms with Crippen LogP contribution < -0.4 is 5.32 Å². The zero-order valence-corrected chi connectivity index (χ0v) is 11.6. The first kappa shape index (κ1) is 14.8. The van der Waals surface area contributed by atoms with Crippen molar-refractivity contribution in [3.8, 4) is 0 Å². The summed E-state index contributed by atoms with van der Waals surface area (Å²) in [6.07, 6.45) is 4.63. The zero-order chi connectivity index (χ0) is 13.5. The molecular formula is C13H24N2O3. The van der Waals surface area contributed by atoms with Gasteiger partial charge in [0.15, 0.2) is 0 Å². The quantitative estimate of drug-likeness (QED) is 0.780. The molecular weight excluding hydrogens is 232 g/mol. The Bertz CT molecular complexity index is 294. The monoisotopic (exact) mass is 256 g/mol. The molecule has 1 aliphatic carbocycles. The van der Waals surface area contributed by atoms with Crippen molar-refractivity contribution in [2.24, 2.45) is 5.92 Å². The van der Waals surface area contributed by atoms with Crippen LogP contribution >= 0.6 is 0 Å². The molecule has 0 spiro atoms. The number of amides is 2. The molecule has 2 atom stereocenters. The van der Waals surface area contributed by atoms with Crippen LogP contribution in [0.1, 0.15) is 39.5 Å². The van der Waals surface area contributed by atoms with Crippen molar-refractivity contribution in [2.75, 3.05) is 20.2 Å². The Kier molecular flexibility index (Phi) is 5.95. The highest BCUT2D eigenvalue weighted by atomic mass is 16.5. The molecule has 5 nitrogen and oxygen atoms in total. The molecule has 0 aliphatic heterocycles.